The van der Waals surface area contributed by atoms with E-state index in [1.807, 2.05) is 21.6 Å². The fraction of sp³-hybridized carbons (Fsp3) is 0.727. The predicted molar refractivity (Wildman–Crippen MR) is 75.1 cm³/mol. The molecule has 1 aliphatic heterocycles. The van der Waals surface area contributed by atoms with E-state index in [0.717, 1.165) is 0 Å². The highest BCUT2D eigenvalue weighted by Crippen LogP contribution is 2.27. The lowest BCUT2D eigenvalue weighted by Gasteiger charge is -2.16. The van der Waals surface area contributed by atoms with Gasteiger partial charge in [-0.25, -0.2) is 0 Å². The summed E-state index contributed by atoms with van der Waals surface area (Å²) in [4.78, 5) is 9.37. The SMILES string of the molecule is C1=CSSC1.CC(C)(CO)CO.CCC(=O)O. The Balaban J connectivity index is 0. The van der Waals surface area contributed by atoms with Crippen LogP contribution in [0.1, 0.15) is 27.2 Å². The van der Waals surface area contributed by atoms with Crippen LogP contribution in [0.3, 0.4) is 0 Å². The molecule has 0 atom stereocenters. The minimum Gasteiger partial charge on any atom is -0.481 e. The highest BCUT2D eigenvalue weighted by atomic mass is 33.1. The molecular weight excluding hydrogens is 260 g/mol. The maximum atomic E-state index is 9.37. The second kappa shape index (κ2) is 12.3. The van der Waals surface area contributed by atoms with Crippen molar-refractivity contribution in [1.82, 2.24) is 0 Å². The Bertz CT molecular complexity index is 206. The molecule has 3 N–H and O–H groups in total. The summed E-state index contributed by atoms with van der Waals surface area (Å²) >= 11 is 0. The van der Waals surface area contributed by atoms with Crippen molar-refractivity contribution in [1.29, 1.82) is 0 Å². The number of hydrogen-bond donors (Lipinski definition) is 3. The van der Waals surface area contributed by atoms with E-state index in [0.29, 0.717) is 0 Å². The Kier molecular flexibility index (Phi) is 13.9. The van der Waals surface area contributed by atoms with Crippen molar-refractivity contribution in [3.8, 4) is 0 Å². The number of carboxylic acid groups (broad SMARTS) is 1. The summed E-state index contributed by atoms with van der Waals surface area (Å²) in [6.45, 7) is 5.29. The standard InChI is InChI=1S/C5H12O2.C3H6O2.C3H4S2/c1-5(2,3-6)4-7;1-2-3(4)5;1-2-4-5-3-1/h6-7H,3-4H2,1-2H3;2H2,1H3,(H,4,5);1-2H,3H2. The monoisotopic (exact) mass is 282 g/mol. The Labute approximate surface area is 111 Å². The van der Waals surface area contributed by atoms with Gasteiger partial charge in [-0.2, -0.15) is 0 Å². The van der Waals surface area contributed by atoms with E-state index in [1.54, 1.807) is 20.8 Å². The molecule has 0 aromatic rings. The van der Waals surface area contributed by atoms with Crippen LogP contribution in [0, 0.1) is 5.41 Å². The molecule has 1 rings (SSSR count). The zero-order valence-electron chi connectivity index (χ0n) is 10.5. The first-order valence-electron chi connectivity index (χ1n) is 5.26. The van der Waals surface area contributed by atoms with Gasteiger partial charge in [0.2, 0.25) is 0 Å². The molecule has 4 nitrogen and oxygen atoms in total. The lowest BCUT2D eigenvalue weighted by Crippen LogP contribution is -2.20. The van der Waals surface area contributed by atoms with Gasteiger partial charge in [0.05, 0.1) is 13.2 Å². The number of carbonyl (C=O) groups is 1. The molecule has 1 heterocycles. The van der Waals surface area contributed by atoms with Crippen LogP contribution in [0.2, 0.25) is 0 Å². The molecular formula is C11H22O4S2. The maximum absolute atomic E-state index is 9.37. The number of hydrogen-bond acceptors (Lipinski definition) is 5. The predicted octanol–water partition coefficient (Wildman–Crippen LogP) is 2.37. The second-order valence-electron chi connectivity index (χ2n) is 3.98. The van der Waals surface area contributed by atoms with Gasteiger partial charge in [-0.05, 0) is 5.41 Å². The molecule has 0 spiro atoms. The number of aliphatic carboxylic acids is 1. The van der Waals surface area contributed by atoms with Gasteiger partial charge in [0, 0.05) is 17.6 Å². The second-order valence-corrected chi connectivity index (χ2v) is 6.30. The van der Waals surface area contributed by atoms with E-state index in [4.69, 9.17) is 15.3 Å². The van der Waals surface area contributed by atoms with Gasteiger partial charge in [-0.1, -0.05) is 48.4 Å². The zero-order chi connectivity index (χ0) is 13.7. The fourth-order valence-corrected chi connectivity index (χ4v) is 1.82. The molecule has 0 saturated carbocycles. The Morgan fingerprint density at radius 1 is 1.35 bits per heavy atom. The third-order valence-corrected chi connectivity index (χ3v) is 3.46. The molecule has 0 amide bonds. The summed E-state index contributed by atoms with van der Waals surface area (Å²) in [7, 11) is 3.69. The molecule has 0 radical (unpaired) electrons. The molecule has 6 heteroatoms. The van der Waals surface area contributed by atoms with Crippen molar-refractivity contribution in [2.24, 2.45) is 5.41 Å². The van der Waals surface area contributed by atoms with Gasteiger partial charge >= 0.3 is 5.97 Å². The van der Waals surface area contributed by atoms with Gasteiger partial charge in [0.25, 0.3) is 0 Å². The van der Waals surface area contributed by atoms with E-state index < -0.39 is 5.97 Å². The highest BCUT2D eigenvalue weighted by Gasteiger charge is 2.13. The molecule has 0 aromatic carbocycles. The van der Waals surface area contributed by atoms with Crippen LogP contribution in [-0.4, -0.2) is 40.3 Å². The van der Waals surface area contributed by atoms with Crippen LogP contribution in [0.4, 0.5) is 0 Å². The van der Waals surface area contributed by atoms with Gasteiger partial charge in [-0.15, -0.1) is 0 Å². The third kappa shape index (κ3) is 18.4. The molecule has 0 aliphatic carbocycles. The van der Waals surface area contributed by atoms with Crippen LogP contribution in [-0.2, 0) is 4.79 Å². The first kappa shape index (κ1) is 19.2. The lowest BCUT2D eigenvalue weighted by molar-refractivity contribution is -0.136. The molecule has 17 heavy (non-hydrogen) atoms. The lowest BCUT2D eigenvalue weighted by atomic mass is 9.97. The van der Waals surface area contributed by atoms with E-state index in [1.165, 1.54) is 5.75 Å². The zero-order valence-corrected chi connectivity index (χ0v) is 12.2. The van der Waals surface area contributed by atoms with E-state index in [9.17, 15) is 4.79 Å². The normalized spacial score (nSPS) is 13.2. The molecule has 0 aromatic heterocycles. The van der Waals surface area contributed by atoms with Crippen molar-refractivity contribution in [2.45, 2.75) is 27.2 Å². The molecule has 102 valence electrons. The fourth-order valence-electron chi connectivity index (χ4n) is 0.246. The van der Waals surface area contributed by atoms with Gasteiger partial charge in [-0.3, -0.25) is 4.79 Å². The number of rotatable bonds is 3. The first-order chi connectivity index (χ1) is 7.89. The average molecular weight is 282 g/mol. The summed E-state index contributed by atoms with van der Waals surface area (Å²) in [6.07, 6.45) is 2.38. The maximum Gasteiger partial charge on any atom is 0.303 e. The summed E-state index contributed by atoms with van der Waals surface area (Å²) in [5.74, 6) is 0.454. The van der Waals surface area contributed by atoms with Crippen molar-refractivity contribution in [3.63, 3.8) is 0 Å². The topological polar surface area (TPSA) is 77.8 Å². The first-order valence-corrected chi connectivity index (χ1v) is 7.64. The largest absolute Gasteiger partial charge is 0.481 e. The van der Waals surface area contributed by atoms with Crippen LogP contribution in [0.25, 0.3) is 0 Å². The molecule has 0 unspecified atom stereocenters. The van der Waals surface area contributed by atoms with Crippen molar-refractivity contribution in [3.05, 3.63) is 11.5 Å². The van der Waals surface area contributed by atoms with Gasteiger partial charge in [0.15, 0.2) is 0 Å². The Morgan fingerprint density at radius 3 is 1.88 bits per heavy atom. The van der Waals surface area contributed by atoms with E-state index >= 15 is 0 Å². The Hall–Kier alpha value is -0.170. The minimum atomic E-state index is -0.745. The van der Waals surface area contributed by atoms with Crippen LogP contribution >= 0.6 is 21.6 Å². The van der Waals surface area contributed by atoms with Crippen LogP contribution in [0.5, 0.6) is 0 Å². The van der Waals surface area contributed by atoms with Crippen molar-refractivity contribution >= 4 is 27.6 Å². The number of aliphatic hydroxyl groups excluding tert-OH is 2. The van der Waals surface area contributed by atoms with Crippen LogP contribution < -0.4 is 0 Å². The van der Waals surface area contributed by atoms with E-state index in [2.05, 4.69) is 11.5 Å². The van der Waals surface area contributed by atoms with Gasteiger partial charge < -0.3 is 15.3 Å². The summed E-state index contributed by atoms with van der Waals surface area (Å²) < 4.78 is 0. The molecule has 0 bridgehead atoms. The summed E-state index contributed by atoms with van der Waals surface area (Å²) in [6, 6.07) is 0. The van der Waals surface area contributed by atoms with E-state index in [-0.39, 0.29) is 25.0 Å². The Morgan fingerprint density at radius 2 is 1.82 bits per heavy atom. The average Bonchev–Trinajstić information content (AvgIpc) is 2.88. The quantitative estimate of drug-likeness (QED) is 0.690. The highest BCUT2D eigenvalue weighted by molar-refractivity contribution is 8.78. The summed E-state index contributed by atoms with van der Waals surface area (Å²) in [5, 5.41) is 26.7. The summed E-state index contributed by atoms with van der Waals surface area (Å²) in [5.41, 5.74) is -0.306. The molecule has 1 aliphatic rings. The number of carboxylic acids is 1. The van der Waals surface area contributed by atoms with Crippen LogP contribution in [0.15, 0.2) is 11.5 Å². The number of aliphatic hydroxyl groups is 2. The third-order valence-electron chi connectivity index (χ3n) is 1.54. The van der Waals surface area contributed by atoms with Crippen molar-refractivity contribution < 1.29 is 20.1 Å². The molecule has 0 fully saturated rings. The molecule has 0 saturated heterocycles. The van der Waals surface area contributed by atoms with Gasteiger partial charge in [0.1, 0.15) is 0 Å². The smallest absolute Gasteiger partial charge is 0.303 e. The minimum absolute atomic E-state index is 0.0451. The van der Waals surface area contributed by atoms with Crippen molar-refractivity contribution in [2.75, 3.05) is 19.0 Å².